The van der Waals surface area contributed by atoms with Crippen LogP contribution in [0.2, 0.25) is 0 Å². The number of rotatable bonds is 2. The summed E-state index contributed by atoms with van der Waals surface area (Å²) in [5, 5.41) is 8.73. The number of hydrogen-bond donors (Lipinski definition) is 1. The molecule has 0 atom stereocenters. The van der Waals surface area contributed by atoms with Crippen molar-refractivity contribution >= 4 is 10.9 Å². The number of nitrogens with zero attached hydrogens (tertiary/aromatic N) is 2. The quantitative estimate of drug-likeness (QED) is 0.727. The van der Waals surface area contributed by atoms with Gasteiger partial charge in [-0.1, -0.05) is 0 Å². The summed E-state index contributed by atoms with van der Waals surface area (Å²) < 4.78 is 5.08. The van der Waals surface area contributed by atoms with Crippen molar-refractivity contribution < 1.29 is 4.74 Å². The minimum atomic E-state index is 0.730. The van der Waals surface area contributed by atoms with Crippen LogP contribution in [0.25, 0.3) is 22.2 Å². The number of fused-ring (bicyclic) bond motifs is 1. The number of aromatic nitrogens is 3. The van der Waals surface area contributed by atoms with E-state index in [9.17, 15) is 0 Å². The highest BCUT2D eigenvalue weighted by Crippen LogP contribution is 2.24. The largest absolute Gasteiger partial charge is 0.496 e. The summed E-state index contributed by atoms with van der Waals surface area (Å²) in [4.78, 5) is 3.29. The first kappa shape index (κ1) is 9.84. The van der Waals surface area contributed by atoms with Gasteiger partial charge in [0.2, 0.25) is 0 Å². The van der Waals surface area contributed by atoms with Crippen LogP contribution in [0.4, 0.5) is 0 Å². The van der Waals surface area contributed by atoms with Crippen LogP contribution in [-0.2, 0) is 0 Å². The first-order valence-electron chi connectivity index (χ1n) is 5.22. The SMILES string of the molecule is COc1[c]cc(-c2cc3cnncc3[nH]2)cc1. The molecule has 3 aromatic rings. The fraction of sp³-hybridized carbons (Fsp3) is 0.0769. The standard InChI is InChI=1S/C13H10N3O/c1-17-11-4-2-9(3-5-11)12-6-10-7-14-15-8-13(10)16-12/h2-4,6-8,16H,1H3. The molecule has 83 valence electrons. The Morgan fingerprint density at radius 3 is 2.82 bits per heavy atom. The highest BCUT2D eigenvalue weighted by Gasteiger charge is 2.03. The Morgan fingerprint density at radius 1 is 1.24 bits per heavy atom. The van der Waals surface area contributed by atoms with Crippen LogP contribution >= 0.6 is 0 Å². The monoisotopic (exact) mass is 224 g/mol. The Hall–Kier alpha value is -2.36. The topological polar surface area (TPSA) is 50.8 Å². The zero-order valence-electron chi connectivity index (χ0n) is 9.27. The third-order valence-corrected chi connectivity index (χ3v) is 2.65. The molecular weight excluding hydrogens is 214 g/mol. The molecule has 17 heavy (non-hydrogen) atoms. The van der Waals surface area contributed by atoms with E-state index in [0.29, 0.717) is 0 Å². The first-order chi connectivity index (χ1) is 8.36. The Labute approximate surface area is 98.3 Å². The van der Waals surface area contributed by atoms with E-state index in [4.69, 9.17) is 4.74 Å². The van der Waals surface area contributed by atoms with Crippen molar-refractivity contribution in [1.29, 1.82) is 0 Å². The molecule has 0 unspecified atom stereocenters. The summed E-state index contributed by atoms with van der Waals surface area (Å²) >= 11 is 0. The molecular formula is C13H10N3O. The van der Waals surface area contributed by atoms with Gasteiger partial charge in [0.05, 0.1) is 25.0 Å². The molecule has 1 aromatic carbocycles. The lowest BCUT2D eigenvalue weighted by Gasteiger charge is -2.00. The molecule has 0 aliphatic carbocycles. The van der Waals surface area contributed by atoms with Gasteiger partial charge < -0.3 is 9.72 Å². The van der Waals surface area contributed by atoms with Gasteiger partial charge in [-0.2, -0.15) is 10.2 Å². The van der Waals surface area contributed by atoms with Crippen molar-refractivity contribution in [3.63, 3.8) is 0 Å². The first-order valence-corrected chi connectivity index (χ1v) is 5.22. The average molecular weight is 224 g/mol. The Kier molecular flexibility index (Phi) is 2.26. The van der Waals surface area contributed by atoms with Crippen LogP contribution in [0.15, 0.2) is 36.7 Å². The Balaban J connectivity index is 2.07. The van der Waals surface area contributed by atoms with Gasteiger partial charge in [0.1, 0.15) is 5.75 Å². The lowest BCUT2D eigenvalue weighted by atomic mass is 10.1. The van der Waals surface area contributed by atoms with E-state index in [0.717, 1.165) is 27.9 Å². The lowest BCUT2D eigenvalue weighted by Crippen LogP contribution is -1.83. The third-order valence-electron chi connectivity index (χ3n) is 2.65. The van der Waals surface area contributed by atoms with Gasteiger partial charge in [-0.25, -0.2) is 0 Å². The van der Waals surface area contributed by atoms with E-state index in [1.165, 1.54) is 0 Å². The van der Waals surface area contributed by atoms with Gasteiger partial charge in [-0.15, -0.1) is 0 Å². The van der Waals surface area contributed by atoms with Crippen molar-refractivity contribution in [3.05, 3.63) is 42.7 Å². The van der Waals surface area contributed by atoms with Crippen molar-refractivity contribution in [2.24, 2.45) is 0 Å². The summed E-state index contributed by atoms with van der Waals surface area (Å²) in [5.41, 5.74) is 3.06. The number of methoxy groups -OCH3 is 1. The summed E-state index contributed by atoms with van der Waals surface area (Å²) in [6.07, 6.45) is 3.45. The molecule has 2 heterocycles. The van der Waals surface area contributed by atoms with Gasteiger partial charge in [0, 0.05) is 17.1 Å². The molecule has 4 nitrogen and oxygen atoms in total. The van der Waals surface area contributed by atoms with E-state index in [2.05, 4.69) is 21.2 Å². The predicted molar refractivity (Wildman–Crippen MR) is 64.7 cm³/mol. The molecule has 2 aromatic heterocycles. The summed E-state index contributed by atoms with van der Waals surface area (Å²) in [5.74, 6) is 0.730. The van der Waals surface area contributed by atoms with Gasteiger partial charge in [0.15, 0.2) is 0 Å². The highest BCUT2D eigenvalue weighted by atomic mass is 16.5. The van der Waals surface area contributed by atoms with Crippen molar-refractivity contribution in [1.82, 2.24) is 15.2 Å². The molecule has 0 spiro atoms. The normalized spacial score (nSPS) is 10.6. The summed E-state index contributed by atoms with van der Waals surface area (Å²) in [7, 11) is 1.63. The van der Waals surface area contributed by atoms with Crippen molar-refractivity contribution in [3.8, 4) is 17.0 Å². The number of hydrogen-bond acceptors (Lipinski definition) is 3. The molecule has 0 saturated carbocycles. The Bertz CT molecular complexity index is 610. The molecule has 0 amide bonds. The fourth-order valence-electron chi connectivity index (χ4n) is 1.75. The van der Waals surface area contributed by atoms with Crippen molar-refractivity contribution in [2.75, 3.05) is 7.11 Å². The zero-order valence-corrected chi connectivity index (χ0v) is 9.27. The van der Waals surface area contributed by atoms with Gasteiger partial charge in [0.25, 0.3) is 0 Å². The number of benzene rings is 1. The molecule has 0 aliphatic rings. The number of ether oxygens (including phenoxy) is 1. The van der Waals surface area contributed by atoms with E-state index in [-0.39, 0.29) is 0 Å². The molecule has 0 aliphatic heterocycles. The van der Waals surface area contributed by atoms with Crippen LogP contribution in [0.5, 0.6) is 5.75 Å². The second-order valence-corrected chi connectivity index (χ2v) is 3.69. The second-order valence-electron chi connectivity index (χ2n) is 3.69. The Morgan fingerprint density at radius 2 is 2.12 bits per heavy atom. The molecule has 1 radical (unpaired) electrons. The van der Waals surface area contributed by atoms with Crippen LogP contribution < -0.4 is 4.74 Å². The van der Waals surface area contributed by atoms with E-state index in [1.54, 1.807) is 19.5 Å². The van der Waals surface area contributed by atoms with Crippen LogP contribution in [0.1, 0.15) is 0 Å². The average Bonchev–Trinajstić information content (AvgIpc) is 2.82. The van der Waals surface area contributed by atoms with E-state index in [1.807, 2.05) is 24.3 Å². The number of nitrogens with one attached hydrogen (secondary N) is 1. The van der Waals surface area contributed by atoms with Crippen molar-refractivity contribution in [2.45, 2.75) is 0 Å². The van der Waals surface area contributed by atoms with E-state index >= 15 is 0 Å². The minimum Gasteiger partial charge on any atom is -0.496 e. The smallest absolute Gasteiger partial charge is 0.126 e. The molecule has 3 rings (SSSR count). The fourth-order valence-corrected chi connectivity index (χ4v) is 1.75. The lowest BCUT2D eigenvalue weighted by molar-refractivity contribution is 0.414. The molecule has 0 fully saturated rings. The van der Waals surface area contributed by atoms with Crippen LogP contribution in [0, 0.1) is 6.07 Å². The maximum absolute atomic E-state index is 5.08. The number of H-pyrrole nitrogens is 1. The van der Waals surface area contributed by atoms with Gasteiger partial charge in [-0.05, 0) is 29.8 Å². The minimum absolute atomic E-state index is 0.730. The van der Waals surface area contributed by atoms with Crippen LogP contribution in [-0.4, -0.2) is 22.3 Å². The second kappa shape index (κ2) is 3.90. The molecule has 4 heteroatoms. The predicted octanol–water partition coefficient (Wildman–Crippen LogP) is 2.43. The summed E-state index contributed by atoms with van der Waals surface area (Å²) in [6, 6.07) is 10.9. The molecule has 0 bridgehead atoms. The van der Waals surface area contributed by atoms with Gasteiger partial charge in [-0.3, -0.25) is 0 Å². The zero-order chi connectivity index (χ0) is 11.7. The van der Waals surface area contributed by atoms with Gasteiger partial charge >= 0.3 is 0 Å². The summed E-state index contributed by atoms with van der Waals surface area (Å²) in [6.45, 7) is 0. The maximum atomic E-state index is 5.08. The van der Waals surface area contributed by atoms with E-state index < -0.39 is 0 Å². The third kappa shape index (κ3) is 1.73. The molecule has 0 saturated heterocycles. The highest BCUT2D eigenvalue weighted by molar-refractivity contribution is 5.84. The molecule has 1 N–H and O–H groups in total. The number of aromatic amines is 1. The maximum Gasteiger partial charge on any atom is 0.126 e. The van der Waals surface area contributed by atoms with Crippen LogP contribution in [0.3, 0.4) is 0 Å².